The molecule has 1 aliphatic rings. The van der Waals surface area contributed by atoms with Gasteiger partial charge in [0, 0.05) is 11.7 Å². The van der Waals surface area contributed by atoms with Crippen LogP contribution in [0.25, 0.3) is 11.2 Å². The first-order valence-corrected chi connectivity index (χ1v) is 10.3. The van der Waals surface area contributed by atoms with E-state index in [1.54, 1.807) is 0 Å². The highest BCUT2D eigenvalue weighted by Crippen LogP contribution is 2.31. The largest absolute Gasteiger partial charge is 0.394 e. The first kappa shape index (κ1) is 22.9. The van der Waals surface area contributed by atoms with E-state index in [-0.39, 0.29) is 5.82 Å². The Kier molecular flexibility index (Phi) is 7.85. The number of aliphatic hydroxyl groups is 3. The summed E-state index contributed by atoms with van der Waals surface area (Å²) >= 11 is 0. The Morgan fingerprint density at radius 2 is 2.00 bits per heavy atom. The third kappa shape index (κ3) is 5.82. The Hall–Kier alpha value is -2.34. The molecule has 0 aromatic carbocycles. The van der Waals surface area contributed by atoms with Gasteiger partial charge in [0.2, 0.25) is 0 Å². The Labute approximate surface area is 167 Å². The van der Waals surface area contributed by atoms with Crippen LogP contribution < -0.4 is 10.9 Å². The molecule has 13 heteroatoms. The Morgan fingerprint density at radius 1 is 1.28 bits per heavy atom. The van der Waals surface area contributed by atoms with Crippen molar-refractivity contribution >= 4 is 27.0 Å². The van der Waals surface area contributed by atoms with Crippen LogP contribution in [0.4, 0.5) is 5.82 Å². The molecule has 0 unspecified atom stereocenters. The molecule has 4 atom stereocenters. The van der Waals surface area contributed by atoms with Crippen LogP contribution in [0.1, 0.15) is 32.4 Å². The molecule has 0 saturated carbocycles. The summed E-state index contributed by atoms with van der Waals surface area (Å²) in [5.74, 6) is 2.68. The van der Waals surface area contributed by atoms with Gasteiger partial charge in [-0.05, 0) is 6.42 Å². The molecule has 12 nitrogen and oxygen atoms in total. The van der Waals surface area contributed by atoms with E-state index in [1.165, 1.54) is 17.2 Å². The van der Waals surface area contributed by atoms with Gasteiger partial charge in [-0.15, -0.1) is 0 Å². The number of aromatic nitrogens is 4. The monoisotopic (exact) mass is 428 g/mol. The molecule has 29 heavy (non-hydrogen) atoms. The predicted molar refractivity (Wildman–Crippen MR) is 103 cm³/mol. The molecule has 0 spiro atoms. The van der Waals surface area contributed by atoms with Crippen molar-refractivity contribution in [1.82, 2.24) is 19.5 Å². The van der Waals surface area contributed by atoms with Crippen molar-refractivity contribution in [3.8, 4) is 11.2 Å². The van der Waals surface area contributed by atoms with Crippen LogP contribution in [0.2, 0.25) is 0 Å². The molecule has 2 aromatic rings. The maximum absolute atomic E-state index is 10.2. The second-order valence-corrected chi connectivity index (χ2v) is 7.53. The molecular formula is C16H24N6O6S. The number of primary sulfonamides is 1. The normalized spacial score (nSPS) is 23.9. The predicted octanol–water partition coefficient (Wildman–Crippen LogP) is -1.55. The fourth-order valence-electron chi connectivity index (χ4n) is 2.58. The fourth-order valence-corrected chi connectivity index (χ4v) is 2.89. The van der Waals surface area contributed by atoms with Gasteiger partial charge in [0.1, 0.15) is 30.2 Å². The molecule has 1 fully saturated rings. The third-order valence-corrected chi connectivity index (χ3v) is 4.48. The molecule has 1 aliphatic heterocycles. The zero-order chi connectivity index (χ0) is 21.6. The lowest BCUT2D eigenvalue weighted by atomic mass is 10.1. The number of nitrogen functional groups attached to an aromatic ring is 1. The number of aliphatic hydroxyl groups excluding tert-OH is 3. The number of anilines is 1. The van der Waals surface area contributed by atoms with Crippen molar-refractivity contribution in [3.63, 3.8) is 0 Å². The minimum Gasteiger partial charge on any atom is -0.394 e. The van der Waals surface area contributed by atoms with Crippen molar-refractivity contribution < 1.29 is 28.5 Å². The Bertz CT molecular complexity index is 985. The van der Waals surface area contributed by atoms with E-state index >= 15 is 0 Å². The molecular weight excluding hydrogens is 404 g/mol. The summed E-state index contributed by atoms with van der Waals surface area (Å²) in [5, 5.41) is 35.3. The highest BCUT2D eigenvalue weighted by molar-refractivity contribution is 7.93. The molecule has 160 valence electrons. The summed E-state index contributed by atoms with van der Waals surface area (Å²) in [4.78, 5) is 11.9. The Balaban J connectivity index is 0.000000257. The molecule has 3 rings (SSSR count). The summed E-state index contributed by atoms with van der Waals surface area (Å²) in [5.41, 5.74) is 6.44. The summed E-state index contributed by atoms with van der Waals surface area (Å²) in [6.45, 7) is 1.62. The number of sulfonamides is 1. The van der Waals surface area contributed by atoms with Crippen molar-refractivity contribution in [2.75, 3.05) is 12.3 Å². The SMILES string of the molecule is CCCCC#CS(N)(=O)=O.Nc1ncnc2c1ncn2[C@@H]1O[C@H](CO)[C@@H](O)[C@H]1O. The second kappa shape index (κ2) is 9.92. The van der Waals surface area contributed by atoms with Gasteiger partial charge in [0.25, 0.3) is 10.0 Å². The number of fused-ring (bicyclic) bond motifs is 1. The summed E-state index contributed by atoms with van der Waals surface area (Å²) < 4.78 is 27.3. The van der Waals surface area contributed by atoms with E-state index < -0.39 is 41.2 Å². The molecule has 0 amide bonds. The van der Waals surface area contributed by atoms with Gasteiger partial charge in [-0.25, -0.2) is 20.1 Å². The van der Waals surface area contributed by atoms with E-state index in [9.17, 15) is 18.6 Å². The van der Waals surface area contributed by atoms with E-state index in [2.05, 4.69) is 26.0 Å². The smallest absolute Gasteiger partial charge is 0.277 e. The average Bonchev–Trinajstić information content (AvgIpc) is 3.21. The third-order valence-electron chi connectivity index (χ3n) is 4.05. The molecule has 2 aromatic heterocycles. The van der Waals surface area contributed by atoms with Crippen molar-refractivity contribution in [2.24, 2.45) is 5.14 Å². The van der Waals surface area contributed by atoms with Crippen molar-refractivity contribution in [2.45, 2.75) is 50.7 Å². The second-order valence-electron chi connectivity index (χ2n) is 6.24. The molecule has 0 radical (unpaired) electrons. The van der Waals surface area contributed by atoms with E-state index in [0.29, 0.717) is 17.6 Å². The highest BCUT2D eigenvalue weighted by Gasteiger charge is 2.43. The molecule has 0 bridgehead atoms. The van der Waals surface area contributed by atoms with Crippen LogP contribution in [0.15, 0.2) is 12.7 Å². The molecule has 1 saturated heterocycles. The van der Waals surface area contributed by atoms with Crippen molar-refractivity contribution in [1.29, 1.82) is 0 Å². The fraction of sp³-hybridized carbons (Fsp3) is 0.562. The number of rotatable bonds is 4. The number of hydrogen-bond donors (Lipinski definition) is 5. The van der Waals surface area contributed by atoms with Crippen LogP contribution in [-0.4, -0.2) is 68.2 Å². The van der Waals surface area contributed by atoms with Gasteiger partial charge in [0.15, 0.2) is 17.7 Å². The summed E-state index contributed by atoms with van der Waals surface area (Å²) in [6, 6.07) is 0. The van der Waals surface area contributed by atoms with Gasteiger partial charge < -0.3 is 25.8 Å². The Morgan fingerprint density at radius 3 is 2.59 bits per heavy atom. The minimum atomic E-state index is -3.57. The van der Waals surface area contributed by atoms with Crippen molar-refractivity contribution in [3.05, 3.63) is 12.7 Å². The average molecular weight is 428 g/mol. The summed E-state index contributed by atoms with van der Waals surface area (Å²) in [7, 11) is -3.57. The number of hydrogen-bond acceptors (Lipinski definition) is 10. The maximum Gasteiger partial charge on any atom is 0.277 e. The maximum atomic E-state index is 10.2. The van der Waals surface area contributed by atoms with E-state index in [4.69, 9.17) is 15.6 Å². The first-order valence-electron chi connectivity index (χ1n) is 8.77. The lowest BCUT2D eigenvalue weighted by Crippen LogP contribution is -2.33. The number of nitrogens with zero attached hydrogens (tertiary/aromatic N) is 4. The molecule has 3 heterocycles. The first-order chi connectivity index (χ1) is 13.7. The molecule has 0 aliphatic carbocycles. The van der Waals surface area contributed by atoms with Gasteiger partial charge >= 0.3 is 0 Å². The quantitative estimate of drug-likeness (QED) is 0.280. The van der Waals surface area contributed by atoms with E-state index in [0.717, 1.165) is 12.8 Å². The van der Waals surface area contributed by atoms with Gasteiger partial charge in [-0.1, -0.05) is 19.3 Å². The zero-order valence-corrected chi connectivity index (χ0v) is 16.5. The van der Waals surface area contributed by atoms with Crippen LogP contribution in [0.3, 0.4) is 0 Å². The van der Waals surface area contributed by atoms with Crippen LogP contribution >= 0.6 is 0 Å². The molecule has 7 N–H and O–H groups in total. The number of nitrogens with two attached hydrogens (primary N) is 2. The van der Waals surface area contributed by atoms with Crippen LogP contribution in [0, 0.1) is 11.2 Å². The van der Waals surface area contributed by atoms with E-state index in [1.807, 2.05) is 12.2 Å². The highest BCUT2D eigenvalue weighted by atomic mass is 32.2. The lowest BCUT2D eigenvalue weighted by molar-refractivity contribution is -0.0511. The van der Waals surface area contributed by atoms with Crippen LogP contribution in [-0.2, 0) is 14.8 Å². The van der Waals surface area contributed by atoms with Gasteiger partial charge in [0.05, 0.1) is 12.9 Å². The lowest BCUT2D eigenvalue weighted by Gasteiger charge is -2.16. The minimum absolute atomic E-state index is 0.218. The summed E-state index contributed by atoms with van der Waals surface area (Å²) in [6.07, 6.45) is 1.11. The number of unbranched alkanes of at least 4 members (excludes halogenated alkanes) is 2. The standard InChI is InChI=1S/C10H13N5O4.C6H11NO2S/c11-8-5-9(13-2-12-8)15(3-14-5)10-7(18)6(17)4(1-16)19-10;1-2-3-4-5-6-10(7,8)9/h2-4,6-7,10,16-18H,1H2,(H2,11,12,13);2-4H2,1H3,(H2,7,8,9)/t4-,6-,7-,10-;/m1./s1. The van der Waals surface area contributed by atoms with Crippen LogP contribution in [0.5, 0.6) is 0 Å². The number of imidazole rings is 1. The topological polar surface area (TPSA) is 200 Å². The zero-order valence-electron chi connectivity index (χ0n) is 15.7. The van der Waals surface area contributed by atoms with Gasteiger partial charge in [-0.2, -0.15) is 8.42 Å². The van der Waals surface area contributed by atoms with Gasteiger partial charge in [-0.3, -0.25) is 4.57 Å². The number of ether oxygens (including phenoxy) is 1.